The molecule has 0 saturated carbocycles. The summed E-state index contributed by atoms with van der Waals surface area (Å²) in [6, 6.07) is 0. The number of carbonyl (C=O) groups excluding carboxylic acids is 1. The average Bonchev–Trinajstić information content (AvgIpc) is 2.26. The molecule has 0 N–H and O–H groups in total. The van der Waals surface area contributed by atoms with Gasteiger partial charge in [-0.3, -0.25) is 4.68 Å². The summed E-state index contributed by atoms with van der Waals surface area (Å²) in [6.45, 7) is 1.58. The number of aryl methyl sites for hydroxylation is 2. The minimum atomic E-state index is 0.188. The van der Waals surface area contributed by atoms with Gasteiger partial charge in [0.1, 0.15) is 11.6 Å². The molecule has 0 unspecified atom stereocenters. The lowest BCUT2D eigenvalue weighted by molar-refractivity contribution is -0.117. The van der Waals surface area contributed by atoms with Crippen LogP contribution in [0.15, 0.2) is 0 Å². The van der Waals surface area contributed by atoms with Crippen LogP contribution in [0, 0.1) is 3.83 Å². The van der Waals surface area contributed by atoms with Crippen molar-refractivity contribution in [3.05, 3.63) is 9.66 Å². The fraction of sp³-hybridized carbons (Fsp3) is 0.571. The largest absolute Gasteiger partial charge is 0.300 e. The van der Waals surface area contributed by atoms with Crippen LogP contribution in [0.5, 0.6) is 0 Å². The number of hydrogen-bond acceptors (Lipinski definition) is 3. The zero-order valence-corrected chi connectivity index (χ0v) is 9.20. The third-order valence-corrected chi connectivity index (χ3v) is 1.99. The molecule has 1 aromatic rings. The van der Waals surface area contributed by atoms with Crippen molar-refractivity contribution in [2.24, 2.45) is 7.05 Å². The standard InChI is InChI=1S/C7H10IN3O/c1-5(12)3-4-6-9-7(8)10-11(6)2/h3-4H2,1-2H3. The molecule has 0 aliphatic heterocycles. The van der Waals surface area contributed by atoms with Crippen LogP contribution in [-0.2, 0) is 18.3 Å². The predicted octanol–water partition coefficient (Wildman–Crippen LogP) is 0.941. The van der Waals surface area contributed by atoms with Crippen molar-refractivity contribution < 1.29 is 4.79 Å². The van der Waals surface area contributed by atoms with Gasteiger partial charge in [-0.05, 0) is 6.92 Å². The molecular weight excluding hydrogens is 269 g/mol. The normalized spacial score (nSPS) is 10.2. The van der Waals surface area contributed by atoms with Gasteiger partial charge in [0.2, 0.25) is 3.83 Å². The van der Waals surface area contributed by atoms with E-state index in [2.05, 4.69) is 32.7 Å². The Kier molecular flexibility index (Phi) is 3.19. The first-order valence-corrected chi connectivity index (χ1v) is 4.72. The second-order valence-corrected chi connectivity index (χ2v) is 3.59. The van der Waals surface area contributed by atoms with E-state index in [1.54, 1.807) is 11.6 Å². The van der Waals surface area contributed by atoms with Crippen LogP contribution in [0.4, 0.5) is 0 Å². The van der Waals surface area contributed by atoms with E-state index in [9.17, 15) is 4.79 Å². The molecule has 4 nitrogen and oxygen atoms in total. The molecule has 66 valence electrons. The maximum atomic E-state index is 10.7. The zero-order valence-electron chi connectivity index (χ0n) is 7.04. The fourth-order valence-corrected chi connectivity index (χ4v) is 1.49. The Morgan fingerprint density at radius 3 is 2.75 bits per heavy atom. The number of rotatable bonds is 3. The van der Waals surface area contributed by atoms with Crippen LogP contribution >= 0.6 is 22.6 Å². The Morgan fingerprint density at radius 1 is 1.67 bits per heavy atom. The highest BCUT2D eigenvalue weighted by atomic mass is 127. The Morgan fingerprint density at radius 2 is 2.33 bits per heavy atom. The number of carbonyl (C=O) groups is 1. The molecule has 1 aromatic heterocycles. The minimum Gasteiger partial charge on any atom is -0.300 e. The zero-order chi connectivity index (χ0) is 9.14. The van der Waals surface area contributed by atoms with Gasteiger partial charge in [0, 0.05) is 42.5 Å². The summed E-state index contributed by atoms with van der Waals surface area (Å²) in [5.74, 6) is 1.06. The van der Waals surface area contributed by atoms with Crippen LogP contribution in [0.2, 0.25) is 0 Å². The first kappa shape index (κ1) is 9.63. The van der Waals surface area contributed by atoms with Crippen molar-refractivity contribution in [3.8, 4) is 0 Å². The number of ketones is 1. The summed E-state index contributed by atoms with van der Waals surface area (Å²) in [5.41, 5.74) is 0. The number of halogens is 1. The van der Waals surface area contributed by atoms with Gasteiger partial charge < -0.3 is 4.79 Å². The lowest BCUT2D eigenvalue weighted by atomic mass is 10.2. The molecule has 0 aliphatic carbocycles. The molecule has 1 heterocycles. The fourth-order valence-electron chi connectivity index (χ4n) is 0.888. The van der Waals surface area contributed by atoms with Crippen LogP contribution in [-0.4, -0.2) is 20.5 Å². The summed E-state index contributed by atoms with van der Waals surface area (Å²) in [6.07, 6.45) is 1.23. The smallest absolute Gasteiger partial charge is 0.211 e. The highest BCUT2D eigenvalue weighted by Crippen LogP contribution is 2.02. The second-order valence-electron chi connectivity index (χ2n) is 2.62. The van der Waals surface area contributed by atoms with Crippen molar-refractivity contribution in [2.45, 2.75) is 19.8 Å². The minimum absolute atomic E-state index is 0.188. The number of hydrogen-bond donors (Lipinski definition) is 0. The first-order chi connectivity index (χ1) is 5.59. The number of Topliss-reactive ketones (excluding diaryl/α,β-unsaturated/α-hetero) is 1. The van der Waals surface area contributed by atoms with Gasteiger partial charge >= 0.3 is 0 Å². The van der Waals surface area contributed by atoms with Crippen molar-refractivity contribution in [2.75, 3.05) is 0 Å². The van der Waals surface area contributed by atoms with Crippen molar-refractivity contribution >= 4 is 28.4 Å². The van der Waals surface area contributed by atoms with E-state index in [0.29, 0.717) is 12.8 Å². The molecule has 0 aliphatic rings. The van der Waals surface area contributed by atoms with E-state index < -0.39 is 0 Å². The van der Waals surface area contributed by atoms with Gasteiger partial charge in [-0.2, -0.15) is 0 Å². The lowest BCUT2D eigenvalue weighted by Crippen LogP contribution is -2.02. The van der Waals surface area contributed by atoms with E-state index >= 15 is 0 Å². The molecule has 5 heteroatoms. The summed E-state index contributed by atoms with van der Waals surface area (Å²) in [7, 11) is 1.84. The predicted molar refractivity (Wildman–Crippen MR) is 52.7 cm³/mol. The molecule has 12 heavy (non-hydrogen) atoms. The highest BCUT2D eigenvalue weighted by Gasteiger charge is 2.05. The molecule has 0 aromatic carbocycles. The second kappa shape index (κ2) is 3.97. The molecule has 0 atom stereocenters. The molecule has 0 bridgehead atoms. The first-order valence-electron chi connectivity index (χ1n) is 3.64. The van der Waals surface area contributed by atoms with Crippen LogP contribution < -0.4 is 0 Å². The van der Waals surface area contributed by atoms with Gasteiger partial charge in [0.05, 0.1) is 0 Å². The van der Waals surface area contributed by atoms with E-state index in [-0.39, 0.29) is 5.78 Å². The number of aromatic nitrogens is 3. The Balaban J connectivity index is 2.62. The van der Waals surface area contributed by atoms with Gasteiger partial charge in [-0.15, -0.1) is 5.10 Å². The maximum absolute atomic E-state index is 10.7. The van der Waals surface area contributed by atoms with Crippen LogP contribution in [0.3, 0.4) is 0 Å². The van der Waals surface area contributed by atoms with Crippen molar-refractivity contribution in [3.63, 3.8) is 0 Å². The van der Waals surface area contributed by atoms with Crippen molar-refractivity contribution in [1.82, 2.24) is 14.8 Å². The number of nitrogens with zero attached hydrogens (tertiary/aromatic N) is 3. The summed E-state index contributed by atoms with van der Waals surface area (Å²) >= 11 is 2.06. The molecule has 0 amide bonds. The maximum Gasteiger partial charge on any atom is 0.211 e. The molecule has 0 saturated heterocycles. The van der Waals surface area contributed by atoms with E-state index in [1.165, 1.54) is 0 Å². The van der Waals surface area contributed by atoms with Gasteiger partial charge in [0.25, 0.3) is 0 Å². The summed E-state index contributed by atoms with van der Waals surface area (Å²) in [4.78, 5) is 14.8. The van der Waals surface area contributed by atoms with E-state index in [4.69, 9.17) is 0 Å². The average molecular weight is 279 g/mol. The van der Waals surface area contributed by atoms with Crippen molar-refractivity contribution in [1.29, 1.82) is 0 Å². The summed E-state index contributed by atoms with van der Waals surface area (Å²) in [5, 5.41) is 4.07. The quantitative estimate of drug-likeness (QED) is 0.774. The molecule has 0 radical (unpaired) electrons. The third-order valence-electron chi connectivity index (χ3n) is 1.53. The van der Waals surface area contributed by atoms with Gasteiger partial charge in [-0.1, -0.05) is 0 Å². The van der Waals surface area contributed by atoms with Gasteiger partial charge in [0.15, 0.2) is 0 Å². The van der Waals surface area contributed by atoms with E-state index in [1.807, 2.05) is 7.05 Å². The SMILES string of the molecule is CC(=O)CCc1nc(I)nn1C. The lowest BCUT2D eigenvalue weighted by Gasteiger charge is -1.95. The monoisotopic (exact) mass is 279 g/mol. The van der Waals surface area contributed by atoms with E-state index in [0.717, 1.165) is 9.66 Å². The molecular formula is C7H10IN3O. The Labute approximate surface area is 84.5 Å². The Bertz CT molecular complexity index is 295. The van der Waals surface area contributed by atoms with Crippen LogP contribution in [0.25, 0.3) is 0 Å². The molecule has 1 rings (SSSR count). The van der Waals surface area contributed by atoms with Gasteiger partial charge in [-0.25, -0.2) is 4.98 Å². The topological polar surface area (TPSA) is 47.8 Å². The summed E-state index contributed by atoms with van der Waals surface area (Å²) < 4.78 is 2.44. The third kappa shape index (κ3) is 2.54. The Hall–Kier alpha value is -0.460. The van der Waals surface area contributed by atoms with Crippen LogP contribution in [0.1, 0.15) is 19.2 Å². The molecule has 0 spiro atoms. The highest BCUT2D eigenvalue weighted by molar-refractivity contribution is 14.1. The molecule has 0 fully saturated rings.